The molecule has 1 aromatic carbocycles. The van der Waals surface area contributed by atoms with E-state index in [-0.39, 0.29) is 18.4 Å². The van der Waals surface area contributed by atoms with Crippen molar-refractivity contribution in [2.24, 2.45) is 0 Å². The summed E-state index contributed by atoms with van der Waals surface area (Å²) in [6, 6.07) is 5.80. The van der Waals surface area contributed by atoms with Crippen molar-refractivity contribution in [1.82, 2.24) is 10.9 Å². The van der Waals surface area contributed by atoms with Gasteiger partial charge in [-0.2, -0.15) is 0 Å². The van der Waals surface area contributed by atoms with Crippen molar-refractivity contribution in [2.45, 2.75) is 40.0 Å². The third-order valence-electron chi connectivity index (χ3n) is 2.80. The number of aryl methyl sites for hydroxylation is 2. The second-order valence-electron chi connectivity index (χ2n) is 4.76. The van der Waals surface area contributed by atoms with Gasteiger partial charge in [0.05, 0.1) is 0 Å². The number of hydrazine groups is 1. The van der Waals surface area contributed by atoms with Crippen LogP contribution in [0.5, 0.6) is 5.75 Å². The number of amides is 2. The first-order valence-electron chi connectivity index (χ1n) is 6.80. The molecule has 2 N–H and O–H groups in total. The molecule has 0 aliphatic rings. The number of carbonyl (C=O) groups excluding carboxylic acids is 2. The van der Waals surface area contributed by atoms with Gasteiger partial charge in [0.15, 0.2) is 6.61 Å². The molecule has 0 heterocycles. The fraction of sp³-hybridized carbons (Fsp3) is 0.467. The van der Waals surface area contributed by atoms with E-state index >= 15 is 0 Å². The van der Waals surface area contributed by atoms with Crippen molar-refractivity contribution in [3.8, 4) is 5.75 Å². The van der Waals surface area contributed by atoms with E-state index in [9.17, 15) is 9.59 Å². The van der Waals surface area contributed by atoms with E-state index in [1.807, 2.05) is 39.0 Å². The van der Waals surface area contributed by atoms with Crippen molar-refractivity contribution in [1.29, 1.82) is 0 Å². The topological polar surface area (TPSA) is 67.4 Å². The van der Waals surface area contributed by atoms with Crippen LogP contribution in [-0.4, -0.2) is 18.4 Å². The number of ether oxygens (including phenoxy) is 1. The summed E-state index contributed by atoms with van der Waals surface area (Å²) in [5.41, 5.74) is 6.73. The van der Waals surface area contributed by atoms with E-state index in [0.717, 1.165) is 24.0 Å². The highest BCUT2D eigenvalue weighted by atomic mass is 16.5. The van der Waals surface area contributed by atoms with E-state index in [1.165, 1.54) is 0 Å². The second kappa shape index (κ2) is 8.19. The van der Waals surface area contributed by atoms with Gasteiger partial charge >= 0.3 is 0 Å². The first kappa shape index (κ1) is 16.0. The molecule has 0 saturated heterocycles. The average Bonchev–Trinajstić information content (AvgIpc) is 2.43. The SMILES string of the molecule is CCCCC(=O)NNC(=O)COc1cc(C)ccc1C. The molecule has 0 bridgehead atoms. The minimum absolute atomic E-state index is 0.127. The molecule has 0 aliphatic heterocycles. The largest absolute Gasteiger partial charge is 0.483 e. The highest BCUT2D eigenvalue weighted by Crippen LogP contribution is 2.18. The summed E-state index contributed by atoms with van der Waals surface area (Å²) in [6.45, 7) is 5.75. The van der Waals surface area contributed by atoms with Gasteiger partial charge < -0.3 is 4.74 Å². The number of rotatable bonds is 6. The van der Waals surface area contributed by atoms with Crippen LogP contribution < -0.4 is 15.6 Å². The molecule has 0 unspecified atom stereocenters. The Labute approximate surface area is 119 Å². The number of unbranched alkanes of at least 4 members (excludes halogenated alkanes) is 1. The third kappa shape index (κ3) is 5.73. The standard InChI is InChI=1S/C15H22N2O3/c1-4-5-6-14(18)16-17-15(19)10-20-13-9-11(2)7-8-12(13)3/h7-9H,4-6,10H2,1-3H3,(H,16,18)(H,17,19). The van der Waals surface area contributed by atoms with Crippen LogP contribution >= 0.6 is 0 Å². The van der Waals surface area contributed by atoms with E-state index in [2.05, 4.69) is 10.9 Å². The van der Waals surface area contributed by atoms with Gasteiger partial charge in [-0.1, -0.05) is 25.5 Å². The number of benzene rings is 1. The van der Waals surface area contributed by atoms with Crippen LogP contribution in [0.25, 0.3) is 0 Å². The van der Waals surface area contributed by atoms with Crippen LogP contribution in [-0.2, 0) is 9.59 Å². The van der Waals surface area contributed by atoms with Gasteiger partial charge in [0.25, 0.3) is 5.91 Å². The predicted octanol–water partition coefficient (Wildman–Crippen LogP) is 2.02. The Morgan fingerprint density at radius 3 is 2.55 bits per heavy atom. The molecule has 110 valence electrons. The lowest BCUT2D eigenvalue weighted by Gasteiger charge is -2.10. The van der Waals surface area contributed by atoms with Crippen LogP contribution in [0.3, 0.4) is 0 Å². The summed E-state index contributed by atoms with van der Waals surface area (Å²) in [6.07, 6.45) is 2.16. The maximum absolute atomic E-state index is 11.5. The molecular weight excluding hydrogens is 256 g/mol. The molecule has 1 aromatic rings. The summed E-state index contributed by atoms with van der Waals surface area (Å²) in [4.78, 5) is 22.9. The monoisotopic (exact) mass is 278 g/mol. The quantitative estimate of drug-likeness (QED) is 0.782. The molecule has 5 nitrogen and oxygen atoms in total. The number of nitrogens with one attached hydrogen (secondary N) is 2. The molecule has 0 radical (unpaired) electrons. The van der Waals surface area contributed by atoms with Gasteiger partial charge in [-0.3, -0.25) is 20.4 Å². The summed E-state index contributed by atoms with van der Waals surface area (Å²) in [5, 5.41) is 0. The summed E-state index contributed by atoms with van der Waals surface area (Å²) in [7, 11) is 0. The van der Waals surface area contributed by atoms with Crippen molar-refractivity contribution in [3.63, 3.8) is 0 Å². The number of hydrogen-bond acceptors (Lipinski definition) is 3. The van der Waals surface area contributed by atoms with Gasteiger partial charge in [-0.05, 0) is 37.5 Å². The third-order valence-corrected chi connectivity index (χ3v) is 2.80. The van der Waals surface area contributed by atoms with Gasteiger partial charge in [-0.25, -0.2) is 0 Å². The lowest BCUT2D eigenvalue weighted by Crippen LogP contribution is -2.43. The lowest BCUT2D eigenvalue weighted by molar-refractivity contribution is -0.130. The van der Waals surface area contributed by atoms with E-state index in [1.54, 1.807) is 0 Å². The summed E-state index contributed by atoms with van der Waals surface area (Å²) < 4.78 is 5.43. The van der Waals surface area contributed by atoms with E-state index in [4.69, 9.17) is 4.74 Å². The summed E-state index contributed by atoms with van der Waals surface area (Å²) >= 11 is 0. The van der Waals surface area contributed by atoms with Gasteiger partial charge in [0.1, 0.15) is 5.75 Å². The van der Waals surface area contributed by atoms with Gasteiger partial charge in [0, 0.05) is 6.42 Å². The van der Waals surface area contributed by atoms with Crippen molar-refractivity contribution in [2.75, 3.05) is 6.61 Å². The molecule has 2 amide bonds. The Morgan fingerprint density at radius 1 is 1.15 bits per heavy atom. The Bertz CT molecular complexity index is 472. The van der Waals surface area contributed by atoms with Crippen LogP contribution in [0.2, 0.25) is 0 Å². The van der Waals surface area contributed by atoms with Crippen LogP contribution in [0.4, 0.5) is 0 Å². The highest BCUT2D eigenvalue weighted by Gasteiger charge is 2.06. The smallest absolute Gasteiger partial charge is 0.276 e. The molecule has 1 rings (SSSR count). The van der Waals surface area contributed by atoms with E-state index < -0.39 is 0 Å². The highest BCUT2D eigenvalue weighted by molar-refractivity contribution is 5.82. The Morgan fingerprint density at radius 2 is 1.85 bits per heavy atom. The zero-order valence-corrected chi connectivity index (χ0v) is 12.3. The molecule has 0 spiro atoms. The normalized spacial score (nSPS) is 9.95. The first-order valence-corrected chi connectivity index (χ1v) is 6.80. The minimum atomic E-state index is -0.379. The first-order chi connectivity index (χ1) is 9.52. The predicted molar refractivity (Wildman–Crippen MR) is 77.2 cm³/mol. The Balaban J connectivity index is 2.33. The van der Waals surface area contributed by atoms with Crippen LogP contribution in [0, 0.1) is 13.8 Å². The molecule has 0 aliphatic carbocycles. The average molecular weight is 278 g/mol. The van der Waals surface area contributed by atoms with Gasteiger partial charge in [0.2, 0.25) is 5.91 Å². The van der Waals surface area contributed by atoms with Crippen LogP contribution in [0.15, 0.2) is 18.2 Å². The van der Waals surface area contributed by atoms with Crippen molar-refractivity contribution < 1.29 is 14.3 Å². The Kier molecular flexibility index (Phi) is 6.56. The molecule has 20 heavy (non-hydrogen) atoms. The maximum Gasteiger partial charge on any atom is 0.276 e. The van der Waals surface area contributed by atoms with Crippen molar-refractivity contribution >= 4 is 11.8 Å². The van der Waals surface area contributed by atoms with Crippen LogP contribution in [0.1, 0.15) is 37.3 Å². The van der Waals surface area contributed by atoms with Crippen molar-refractivity contribution in [3.05, 3.63) is 29.3 Å². The molecule has 0 fully saturated rings. The molecule has 0 atom stereocenters. The fourth-order valence-electron chi connectivity index (χ4n) is 1.58. The van der Waals surface area contributed by atoms with E-state index in [0.29, 0.717) is 12.2 Å². The lowest BCUT2D eigenvalue weighted by atomic mass is 10.1. The second-order valence-corrected chi connectivity index (χ2v) is 4.76. The molecule has 5 heteroatoms. The molecule has 0 aromatic heterocycles. The zero-order chi connectivity index (χ0) is 15.0. The minimum Gasteiger partial charge on any atom is -0.483 e. The zero-order valence-electron chi connectivity index (χ0n) is 12.3. The Hall–Kier alpha value is -2.04. The summed E-state index contributed by atoms with van der Waals surface area (Å²) in [5.74, 6) is 0.111. The fourth-order valence-corrected chi connectivity index (χ4v) is 1.58. The molecule has 0 saturated carbocycles. The molecular formula is C15H22N2O3. The number of hydrogen-bond donors (Lipinski definition) is 2. The van der Waals surface area contributed by atoms with Gasteiger partial charge in [-0.15, -0.1) is 0 Å². The number of carbonyl (C=O) groups is 2. The maximum atomic E-state index is 11.5.